The lowest BCUT2D eigenvalue weighted by molar-refractivity contribution is 0.197. The number of nitrogens with zero attached hydrogens (tertiary/aromatic N) is 4. The summed E-state index contributed by atoms with van der Waals surface area (Å²) in [6.45, 7) is 1.36. The minimum absolute atomic E-state index is 0.0256. The maximum atomic E-state index is 13.3. The van der Waals surface area contributed by atoms with Gasteiger partial charge in [-0.2, -0.15) is 5.10 Å². The van der Waals surface area contributed by atoms with E-state index in [2.05, 4.69) is 23.3 Å². The number of amides is 2. The molecule has 0 atom stereocenters. The number of rotatable bonds is 5. The maximum absolute atomic E-state index is 13.3. The van der Waals surface area contributed by atoms with Crippen molar-refractivity contribution in [1.82, 2.24) is 14.7 Å². The molecule has 6 nitrogen and oxygen atoms in total. The van der Waals surface area contributed by atoms with E-state index in [1.54, 1.807) is 11.8 Å². The number of anilines is 1. The second kappa shape index (κ2) is 6.65. The number of ether oxygens (including phenoxy) is 1. The van der Waals surface area contributed by atoms with Gasteiger partial charge in [0.05, 0.1) is 25.4 Å². The van der Waals surface area contributed by atoms with Crippen LogP contribution in [0.1, 0.15) is 18.4 Å². The van der Waals surface area contributed by atoms with Gasteiger partial charge in [0, 0.05) is 31.0 Å². The summed E-state index contributed by atoms with van der Waals surface area (Å²) in [6.07, 6.45) is 5.97. The first-order chi connectivity index (χ1) is 14.1. The monoisotopic (exact) mass is 388 g/mol. The fourth-order valence-corrected chi connectivity index (χ4v) is 4.16. The first-order valence-electron chi connectivity index (χ1n) is 9.89. The van der Waals surface area contributed by atoms with Gasteiger partial charge in [0.15, 0.2) is 0 Å². The summed E-state index contributed by atoms with van der Waals surface area (Å²) in [7, 11) is 3.58. The van der Waals surface area contributed by atoms with E-state index in [1.807, 2.05) is 59.6 Å². The second-order valence-corrected chi connectivity index (χ2v) is 7.98. The van der Waals surface area contributed by atoms with Gasteiger partial charge in [0.1, 0.15) is 5.75 Å². The predicted molar refractivity (Wildman–Crippen MR) is 112 cm³/mol. The summed E-state index contributed by atoms with van der Waals surface area (Å²) >= 11 is 0. The van der Waals surface area contributed by atoms with Crippen LogP contribution in [-0.4, -0.2) is 39.9 Å². The molecule has 0 radical (unpaired) electrons. The van der Waals surface area contributed by atoms with Gasteiger partial charge >= 0.3 is 6.03 Å². The SMILES string of the molecule is COc1cccc(CN2C(=O)N(c3ccc(-c4cnn(C)c4)cc3)CC23CC3)c1. The Morgan fingerprint density at radius 1 is 1.10 bits per heavy atom. The summed E-state index contributed by atoms with van der Waals surface area (Å²) < 4.78 is 7.13. The van der Waals surface area contributed by atoms with Gasteiger partial charge in [0.2, 0.25) is 0 Å². The lowest BCUT2D eigenvalue weighted by Crippen LogP contribution is -2.35. The molecule has 1 aromatic heterocycles. The number of methoxy groups -OCH3 is 1. The number of hydrogen-bond donors (Lipinski definition) is 0. The lowest BCUT2D eigenvalue weighted by Gasteiger charge is -2.23. The topological polar surface area (TPSA) is 50.6 Å². The summed E-state index contributed by atoms with van der Waals surface area (Å²) in [5.41, 5.74) is 4.19. The molecule has 5 rings (SSSR count). The molecule has 2 amide bonds. The number of carbonyl (C=O) groups is 1. The average Bonchev–Trinajstić information content (AvgIpc) is 3.32. The van der Waals surface area contributed by atoms with Crippen LogP contribution in [0.4, 0.5) is 10.5 Å². The number of benzene rings is 2. The highest BCUT2D eigenvalue weighted by molar-refractivity contribution is 5.96. The molecule has 0 N–H and O–H groups in total. The molecule has 0 unspecified atom stereocenters. The molecule has 2 aromatic carbocycles. The van der Waals surface area contributed by atoms with E-state index in [-0.39, 0.29) is 11.6 Å². The molecule has 0 bridgehead atoms. The highest BCUT2D eigenvalue weighted by Gasteiger charge is 2.57. The highest BCUT2D eigenvalue weighted by Crippen LogP contribution is 2.48. The molecule has 3 aromatic rings. The number of aromatic nitrogens is 2. The van der Waals surface area contributed by atoms with Gasteiger partial charge in [-0.15, -0.1) is 0 Å². The molecular weight excluding hydrogens is 364 g/mol. The van der Waals surface area contributed by atoms with Crippen molar-refractivity contribution < 1.29 is 9.53 Å². The van der Waals surface area contributed by atoms with E-state index < -0.39 is 0 Å². The smallest absolute Gasteiger partial charge is 0.325 e. The normalized spacial score (nSPS) is 17.2. The molecule has 2 fully saturated rings. The van der Waals surface area contributed by atoms with Crippen LogP contribution in [0.3, 0.4) is 0 Å². The quantitative estimate of drug-likeness (QED) is 0.662. The molecule has 1 spiro atoms. The van der Waals surface area contributed by atoms with Crippen LogP contribution in [0.2, 0.25) is 0 Å². The molecule has 29 heavy (non-hydrogen) atoms. The Morgan fingerprint density at radius 3 is 2.55 bits per heavy atom. The first-order valence-corrected chi connectivity index (χ1v) is 9.89. The van der Waals surface area contributed by atoms with Gasteiger partial charge in [-0.05, 0) is 48.2 Å². The van der Waals surface area contributed by atoms with E-state index in [1.165, 1.54) is 0 Å². The van der Waals surface area contributed by atoms with Crippen molar-refractivity contribution in [3.05, 3.63) is 66.5 Å². The van der Waals surface area contributed by atoms with Crippen molar-refractivity contribution in [2.75, 3.05) is 18.6 Å². The Hall–Kier alpha value is -3.28. The van der Waals surface area contributed by atoms with Gasteiger partial charge in [0.25, 0.3) is 0 Å². The van der Waals surface area contributed by atoms with E-state index in [0.29, 0.717) is 6.54 Å². The minimum atomic E-state index is -0.0256. The van der Waals surface area contributed by atoms with Crippen LogP contribution >= 0.6 is 0 Å². The van der Waals surface area contributed by atoms with Crippen molar-refractivity contribution in [2.24, 2.45) is 7.05 Å². The Kier molecular flexibility index (Phi) is 4.08. The fourth-order valence-electron chi connectivity index (χ4n) is 4.16. The largest absolute Gasteiger partial charge is 0.497 e. The first kappa shape index (κ1) is 17.8. The lowest BCUT2D eigenvalue weighted by atomic mass is 10.1. The molecule has 1 aliphatic heterocycles. The number of hydrogen-bond acceptors (Lipinski definition) is 3. The van der Waals surface area contributed by atoms with Crippen LogP contribution in [-0.2, 0) is 13.6 Å². The van der Waals surface area contributed by atoms with Crippen molar-refractivity contribution in [3.8, 4) is 16.9 Å². The van der Waals surface area contributed by atoms with Gasteiger partial charge in [-0.1, -0.05) is 24.3 Å². The summed E-state index contributed by atoms with van der Waals surface area (Å²) in [6, 6.07) is 16.2. The van der Waals surface area contributed by atoms with Gasteiger partial charge in [-0.25, -0.2) is 4.79 Å². The van der Waals surface area contributed by atoms with E-state index in [4.69, 9.17) is 4.74 Å². The van der Waals surface area contributed by atoms with Crippen molar-refractivity contribution in [3.63, 3.8) is 0 Å². The van der Waals surface area contributed by atoms with Crippen LogP contribution in [0.25, 0.3) is 11.1 Å². The summed E-state index contributed by atoms with van der Waals surface area (Å²) in [5, 5.41) is 4.23. The number of urea groups is 1. The molecule has 1 saturated carbocycles. The van der Waals surface area contributed by atoms with Gasteiger partial charge in [-0.3, -0.25) is 9.58 Å². The second-order valence-electron chi connectivity index (χ2n) is 7.98. The third-order valence-corrected chi connectivity index (χ3v) is 6.01. The Labute approximate surface area is 170 Å². The van der Waals surface area contributed by atoms with Crippen LogP contribution in [0.5, 0.6) is 5.75 Å². The van der Waals surface area contributed by atoms with E-state index >= 15 is 0 Å². The predicted octanol–water partition coefficient (Wildman–Crippen LogP) is 4.07. The highest BCUT2D eigenvalue weighted by atomic mass is 16.5. The maximum Gasteiger partial charge on any atom is 0.325 e. The summed E-state index contributed by atoms with van der Waals surface area (Å²) in [5.74, 6) is 0.821. The number of aryl methyl sites for hydroxylation is 1. The van der Waals surface area contributed by atoms with E-state index in [9.17, 15) is 4.79 Å². The number of carbonyl (C=O) groups excluding carboxylic acids is 1. The Bertz CT molecular complexity index is 1050. The summed E-state index contributed by atoms with van der Waals surface area (Å²) in [4.78, 5) is 17.2. The van der Waals surface area contributed by atoms with Crippen molar-refractivity contribution in [1.29, 1.82) is 0 Å². The third-order valence-electron chi connectivity index (χ3n) is 6.01. The molecule has 1 aliphatic carbocycles. The van der Waals surface area contributed by atoms with Crippen LogP contribution in [0.15, 0.2) is 60.9 Å². The van der Waals surface area contributed by atoms with Crippen molar-refractivity contribution in [2.45, 2.75) is 24.9 Å². The molecule has 148 valence electrons. The zero-order valence-corrected chi connectivity index (χ0v) is 16.7. The molecular formula is C23H24N4O2. The molecule has 6 heteroatoms. The van der Waals surface area contributed by atoms with E-state index in [0.717, 1.165) is 47.5 Å². The van der Waals surface area contributed by atoms with Crippen LogP contribution in [0, 0.1) is 0 Å². The zero-order valence-electron chi connectivity index (χ0n) is 16.7. The standard InChI is InChI=1S/C23H24N4O2/c1-25-15-19(13-24-25)18-6-8-20(9-7-18)26-16-23(10-11-23)27(22(26)28)14-17-4-3-5-21(12-17)29-2/h3-9,12-13,15H,10-11,14,16H2,1-2H3. The molecule has 2 heterocycles. The Balaban J connectivity index is 1.37. The fraction of sp³-hybridized carbons (Fsp3) is 0.304. The Morgan fingerprint density at radius 2 is 1.90 bits per heavy atom. The molecule has 2 aliphatic rings. The zero-order chi connectivity index (χ0) is 20.0. The molecule has 1 saturated heterocycles. The van der Waals surface area contributed by atoms with Crippen LogP contribution < -0.4 is 9.64 Å². The third kappa shape index (κ3) is 3.14. The van der Waals surface area contributed by atoms with Crippen molar-refractivity contribution >= 4 is 11.7 Å². The minimum Gasteiger partial charge on any atom is -0.497 e. The average molecular weight is 388 g/mol. The van der Waals surface area contributed by atoms with Gasteiger partial charge < -0.3 is 9.64 Å².